The molecule has 1 saturated heterocycles. The Balaban J connectivity index is 1.34. The number of anilines is 1. The second-order valence-electron chi connectivity index (χ2n) is 8.58. The first-order valence-corrected chi connectivity index (χ1v) is 12.5. The number of nitrogens with one attached hydrogen (secondary N) is 1. The van der Waals surface area contributed by atoms with Gasteiger partial charge in [0.15, 0.2) is 5.11 Å². The number of thiocarbonyl (C=S) groups is 1. The molecule has 1 aliphatic carbocycles. The van der Waals surface area contributed by atoms with E-state index in [2.05, 4.69) is 58.5 Å². The highest BCUT2D eigenvalue weighted by atomic mass is 32.1. The van der Waals surface area contributed by atoms with Crippen molar-refractivity contribution in [3.63, 3.8) is 0 Å². The van der Waals surface area contributed by atoms with Crippen LogP contribution in [0.4, 0.5) is 5.00 Å². The van der Waals surface area contributed by atoms with Crippen LogP contribution in [0.3, 0.4) is 0 Å². The van der Waals surface area contributed by atoms with Gasteiger partial charge in [0.05, 0.1) is 12.7 Å². The van der Waals surface area contributed by atoms with E-state index < -0.39 is 0 Å². The van der Waals surface area contributed by atoms with E-state index in [1.54, 1.807) is 11.3 Å². The number of thiophene rings is 1. The standard InChI is InChI=1S/C25H31N3O2S2/c1-18-10-11-20-21(17-18)32-23(22(20)24(29)30-2)26-25(31)28-15-13-27(14-16-28)12-6-9-19-7-4-3-5-8-19/h3-9,18H,10-17H2,1-2H3,(H,26,31)/b9-6+. The number of rotatable bonds is 5. The molecule has 2 heterocycles. The number of nitrogens with zero attached hydrogens (tertiary/aromatic N) is 2. The lowest BCUT2D eigenvalue weighted by atomic mass is 9.88. The third-order valence-corrected chi connectivity index (χ3v) is 7.78. The summed E-state index contributed by atoms with van der Waals surface area (Å²) in [5.74, 6) is 0.382. The third kappa shape index (κ3) is 5.39. The zero-order valence-corrected chi connectivity index (χ0v) is 20.4. The Labute approximate surface area is 200 Å². The summed E-state index contributed by atoms with van der Waals surface area (Å²) in [6.45, 7) is 6.88. The summed E-state index contributed by atoms with van der Waals surface area (Å²) in [7, 11) is 1.45. The second kappa shape index (κ2) is 10.6. The van der Waals surface area contributed by atoms with E-state index in [0.717, 1.165) is 62.6 Å². The molecule has 170 valence electrons. The number of hydrogen-bond donors (Lipinski definition) is 1. The fraction of sp³-hybridized carbons (Fsp3) is 0.440. The van der Waals surface area contributed by atoms with Crippen molar-refractivity contribution >= 4 is 45.7 Å². The molecule has 0 radical (unpaired) electrons. The van der Waals surface area contributed by atoms with Gasteiger partial charge in [0.25, 0.3) is 0 Å². The molecule has 1 aliphatic heterocycles. The summed E-state index contributed by atoms with van der Waals surface area (Å²) in [5.41, 5.74) is 3.07. The number of carbonyl (C=O) groups is 1. The minimum atomic E-state index is -0.266. The monoisotopic (exact) mass is 469 g/mol. The van der Waals surface area contributed by atoms with Gasteiger partial charge in [0, 0.05) is 37.6 Å². The van der Waals surface area contributed by atoms with Crippen molar-refractivity contribution in [2.45, 2.75) is 26.2 Å². The normalized spacial score (nSPS) is 19.1. The number of hydrogen-bond acceptors (Lipinski definition) is 5. The molecule has 0 amide bonds. The lowest BCUT2D eigenvalue weighted by molar-refractivity contribution is 0.0601. The van der Waals surface area contributed by atoms with Crippen LogP contribution in [0.5, 0.6) is 0 Å². The number of esters is 1. The molecule has 1 fully saturated rings. The lowest BCUT2D eigenvalue weighted by Gasteiger charge is -2.35. The van der Waals surface area contributed by atoms with Crippen LogP contribution in [0.2, 0.25) is 0 Å². The molecule has 1 aromatic carbocycles. The fourth-order valence-corrected chi connectivity index (χ4v) is 6.12. The molecular weight excluding hydrogens is 438 g/mol. The zero-order chi connectivity index (χ0) is 22.5. The van der Waals surface area contributed by atoms with E-state index in [1.807, 2.05) is 6.07 Å². The molecule has 7 heteroatoms. The Kier molecular flexibility index (Phi) is 7.60. The van der Waals surface area contributed by atoms with Crippen LogP contribution in [0.15, 0.2) is 36.4 Å². The van der Waals surface area contributed by atoms with Crippen molar-refractivity contribution in [3.05, 3.63) is 58.0 Å². The molecule has 32 heavy (non-hydrogen) atoms. The van der Waals surface area contributed by atoms with Crippen LogP contribution in [0.25, 0.3) is 6.08 Å². The average Bonchev–Trinajstić information content (AvgIpc) is 3.16. The van der Waals surface area contributed by atoms with Gasteiger partial charge in [0.2, 0.25) is 0 Å². The summed E-state index contributed by atoms with van der Waals surface area (Å²) in [6.07, 6.45) is 7.46. The maximum atomic E-state index is 12.5. The third-order valence-electron chi connectivity index (χ3n) is 6.25. The molecule has 0 spiro atoms. The van der Waals surface area contributed by atoms with Gasteiger partial charge in [-0.25, -0.2) is 4.79 Å². The number of benzene rings is 1. The fourth-order valence-electron chi connectivity index (χ4n) is 4.37. The van der Waals surface area contributed by atoms with Crippen molar-refractivity contribution in [3.8, 4) is 0 Å². The maximum absolute atomic E-state index is 12.5. The SMILES string of the molecule is COC(=O)c1c(NC(=S)N2CCN(C/C=C/c3ccccc3)CC2)sc2c1CCC(C)C2. The minimum absolute atomic E-state index is 0.266. The first-order valence-electron chi connectivity index (χ1n) is 11.3. The smallest absolute Gasteiger partial charge is 0.341 e. The quantitative estimate of drug-likeness (QED) is 0.506. The summed E-state index contributed by atoms with van der Waals surface area (Å²) in [6, 6.07) is 10.4. The molecular formula is C25H31N3O2S2. The predicted octanol–water partition coefficient (Wildman–Crippen LogP) is 4.69. The molecule has 1 atom stereocenters. The van der Waals surface area contributed by atoms with Gasteiger partial charge < -0.3 is 15.0 Å². The summed E-state index contributed by atoms with van der Waals surface area (Å²) in [5, 5.41) is 4.93. The Hall–Kier alpha value is -2.22. The number of fused-ring (bicyclic) bond motifs is 1. The molecule has 0 saturated carbocycles. The first kappa shape index (κ1) is 23.0. The van der Waals surface area contributed by atoms with Crippen LogP contribution in [-0.2, 0) is 17.6 Å². The van der Waals surface area contributed by atoms with Crippen molar-refractivity contribution in [2.75, 3.05) is 45.2 Å². The van der Waals surface area contributed by atoms with E-state index >= 15 is 0 Å². The van der Waals surface area contributed by atoms with Crippen LogP contribution in [0, 0.1) is 5.92 Å². The molecule has 1 aromatic heterocycles. The highest BCUT2D eigenvalue weighted by Crippen LogP contribution is 2.40. The van der Waals surface area contributed by atoms with Gasteiger partial charge in [-0.1, -0.05) is 49.4 Å². The van der Waals surface area contributed by atoms with E-state index in [0.29, 0.717) is 16.6 Å². The first-order chi connectivity index (χ1) is 15.5. The highest BCUT2D eigenvalue weighted by Gasteiger charge is 2.29. The molecule has 2 aliphatic rings. The maximum Gasteiger partial charge on any atom is 0.341 e. The molecule has 0 bridgehead atoms. The molecule has 1 N–H and O–H groups in total. The Morgan fingerprint density at radius 3 is 2.72 bits per heavy atom. The number of methoxy groups -OCH3 is 1. The van der Waals surface area contributed by atoms with Gasteiger partial charge in [-0.3, -0.25) is 4.90 Å². The molecule has 4 rings (SSSR count). The van der Waals surface area contributed by atoms with Gasteiger partial charge in [-0.05, 0) is 48.5 Å². The Bertz CT molecular complexity index is 979. The van der Waals surface area contributed by atoms with E-state index in [1.165, 1.54) is 17.6 Å². The van der Waals surface area contributed by atoms with Gasteiger partial charge in [0.1, 0.15) is 5.00 Å². The van der Waals surface area contributed by atoms with Crippen LogP contribution in [-0.4, -0.2) is 60.7 Å². The van der Waals surface area contributed by atoms with Gasteiger partial charge >= 0.3 is 5.97 Å². The van der Waals surface area contributed by atoms with E-state index in [9.17, 15) is 4.79 Å². The van der Waals surface area contributed by atoms with Crippen LogP contribution < -0.4 is 5.32 Å². The Morgan fingerprint density at radius 2 is 2.00 bits per heavy atom. The van der Waals surface area contributed by atoms with Crippen LogP contribution in [0.1, 0.15) is 39.7 Å². The predicted molar refractivity (Wildman–Crippen MR) is 137 cm³/mol. The zero-order valence-electron chi connectivity index (χ0n) is 18.8. The van der Waals surface area contributed by atoms with Crippen LogP contribution >= 0.6 is 23.6 Å². The second-order valence-corrected chi connectivity index (χ2v) is 10.1. The van der Waals surface area contributed by atoms with Crippen molar-refractivity contribution < 1.29 is 9.53 Å². The Morgan fingerprint density at radius 1 is 1.25 bits per heavy atom. The van der Waals surface area contributed by atoms with Gasteiger partial charge in [-0.15, -0.1) is 11.3 Å². The minimum Gasteiger partial charge on any atom is -0.465 e. The number of carbonyl (C=O) groups excluding carboxylic acids is 1. The summed E-state index contributed by atoms with van der Waals surface area (Å²) >= 11 is 7.39. The molecule has 5 nitrogen and oxygen atoms in total. The van der Waals surface area contributed by atoms with Crippen molar-refractivity contribution in [1.82, 2.24) is 9.80 Å². The average molecular weight is 470 g/mol. The van der Waals surface area contributed by atoms with E-state index in [-0.39, 0.29) is 5.97 Å². The largest absolute Gasteiger partial charge is 0.465 e. The summed E-state index contributed by atoms with van der Waals surface area (Å²) < 4.78 is 5.10. The van der Waals surface area contributed by atoms with Crippen molar-refractivity contribution in [2.24, 2.45) is 5.92 Å². The molecule has 1 unspecified atom stereocenters. The topological polar surface area (TPSA) is 44.8 Å². The van der Waals surface area contributed by atoms with Gasteiger partial charge in [-0.2, -0.15) is 0 Å². The number of ether oxygens (including phenoxy) is 1. The lowest BCUT2D eigenvalue weighted by Crippen LogP contribution is -2.49. The number of piperazine rings is 1. The van der Waals surface area contributed by atoms with E-state index in [4.69, 9.17) is 17.0 Å². The summed E-state index contributed by atoms with van der Waals surface area (Å²) in [4.78, 5) is 18.5. The highest BCUT2D eigenvalue weighted by molar-refractivity contribution is 7.80. The van der Waals surface area contributed by atoms with Crippen molar-refractivity contribution in [1.29, 1.82) is 0 Å². The molecule has 2 aromatic rings.